The topological polar surface area (TPSA) is 29.4 Å². The van der Waals surface area contributed by atoms with Crippen LogP contribution in [0.2, 0.25) is 0 Å². The zero-order valence-corrected chi connectivity index (χ0v) is 5.05. The number of hydrogen-bond donors (Lipinski definition) is 0. The van der Waals surface area contributed by atoms with Gasteiger partial charge in [0, 0.05) is 12.0 Å². The lowest BCUT2D eigenvalue weighted by molar-refractivity contribution is 0.401. The maximum Gasteiger partial charge on any atom is 0.249 e. The third-order valence-corrected chi connectivity index (χ3v) is 1.48. The predicted molar refractivity (Wildman–Crippen MR) is 33.2 cm³/mol. The van der Waals surface area contributed by atoms with Crippen LogP contribution in [0.15, 0.2) is 4.99 Å². The summed E-state index contributed by atoms with van der Waals surface area (Å²) in [4.78, 5) is 12.6. The highest BCUT2D eigenvalue weighted by Gasteiger charge is 2.13. The van der Waals surface area contributed by atoms with Gasteiger partial charge in [-0.25, -0.2) is 4.79 Å². The smallest absolute Gasteiger partial charge is 0.210 e. The zero-order chi connectivity index (χ0) is 6.53. The molecule has 0 aromatic heterocycles. The van der Waals surface area contributed by atoms with Crippen molar-refractivity contribution in [3.05, 3.63) is 0 Å². The largest absolute Gasteiger partial charge is 0.249 e. The third kappa shape index (κ3) is 1.71. The number of nitrogens with zero attached hydrogens (tertiary/aromatic N) is 1. The number of carbonyl (C=O) groups excluding carboxylic acids is 1. The Hall–Kier alpha value is -1.06. The Morgan fingerprint density at radius 2 is 2.22 bits per heavy atom. The van der Waals surface area contributed by atoms with E-state index in [1.807, 2.05) is 0 Å². The van der Waals surface area contributed by atoms with Crippen LogP contribution in [0.25, 0.3) is 0 Å². The van der Waals surface area contributed by atoms with E-state index in [2.05, 4.69) is 17.0 Å². The minimum Gasteiger partial charge on any atom is -0.210 e. The molecule has 46 valence electrons. The maximum atomic E-state index is 9.50. The lowest BCUT2D eigenvalue weighted by Crippen LogP contribution is -2.07. The normalized spacial score (nSPS) is 16.4. The SMILES string of the molecule is O=C=NC#CC1CCC1. The molecule has 0 aliphatic heterocycles. The molecule has 0 atom stereocenters. The van der Waals surface area contributed by atoms with Gasteiger partial charge in [0.15, 0.2) is 0 Å². The van der Waals surface area contributed by atoms with Gasteiger partial charge in [-0.1, -0.05) is 12.3 Å². The first-order chi connectivity index (χ1) is 4.43. The van der Waals surface area contributed by atoms with Crippen molar-refractivity contribution in [1.29, 1.82) is 0 Å². The first kappa shape index (κ1) is 6.07. The molecular formula is C7H7NO. The molecule has 1 fully saturated rings. The van der Waals surface area contributed by atoms with Crippen LogP contribution in [-0.4, -0.2) is 6.08 Å². The van der Waals surface area contributed by atoms with E-state index in [4.69, 9.17) is 0 Å². The van der Waals surface area contributed by atoms with Gasteiger partial charge in [-0.2, -0.15) is 0 Å². The second kappa shape index (κ2) is 3.06. The second-order valence-electron chi connectivity index (χ2n) is 2.09. The van der Waals surface area contributed by atoms with Gasteiger partial charge < -0.3 is 0 Å². The van der Waals surface area contributed by atoms with Crippen LogP contribution in [0.4, 0.5) is 0 Å². The Kier molecular flexibility index (Phi) is 2.06. The van der Waals surface area contributed by atoms with Crippen molar-refractivity contribution < 1.29 is 4.79 Å². The van der Waals surface area contributed by atoms with Gasteiger partial charge in [0.25, 0.3) is 0 Å². The van der Waals surface area contributed by atoms with Crippen LogP contribution >= 0.6 is 0 Å². The van der Waals surface area contributed by atoms with Crippen molar-refractivity contribution in [2.75, 3.05) is 0 Å². The summed E-state index contributed by atoms with van der Waals surface area (Å²) < 4.78 is 0. The first-order valence-corrected chi connectivity index (χ1v) is 3.01. The van der Waals surface area contributed by atoms with E-state index < -0.39 is 0 Å². The van der Waals surface area contributed by atoms with Crippen molar-refractivity contribution in [3.63, 3.8) is 0 Å². The molecule has 0 aromatic rings. The summed E-state index contributed by atoms with van der Waals surface area (Å²) in [7, 11) is 0. The molecule has 2 nitrogen and oxygen atoms in total. The Balaban J connectivity index is 2.31. The average Bonchev–Trinajstić information content (AvgIpc) is 1.76. The van der Waals surface area contributed by atoms with Crippen LogP contribution in [0, 0.1) is 17.9 Å². The fourth-order valence-electron chi connectivity index (χ4n) is 0.699. The molecule has 0 radical (unpaired) electrons. The molecule has 2 heteroatoms. The number of isocyanates is 1. The van der Waals surface area contributed by atoms with Crippen LogP contribution < -0.4 is 0 Å². The Morgan fingerprint density at radius 1 is 1.44 bits per heavy atom. The monoisotopic (exact) mass is 121 g/mol. The lowest BCUT2D eigenvalue weighted by atomic mass is 9.86. The summed E-state index contributed by atoms with van der Waals surface area (Å²) in [5.41, 5.74) is 0. The summed E-state index contributed by atoms with van der Waals surface area (Å²) in [6, 6.07) is 2.39. The van der Waals surface area contributed by atoms with Gasteiger partial charge in [0.1, 0.15) is 0 Å². The Bertz CT molecular complexity index is 189. The van der Waals surface area contributed by atoms with E-state index in [-0.39, 0.29) is 0 Å². The molecule has 0 amide bonds. The van der Waals surface area contributed by atoms with Gasteiger partial charge in [0.05, 0.1) is 0 Å². The third-order valence-electron chi connectivity index (χ3n) is 1.48. The van der Waals surface area contributed by atoms with E-state index in [1.54, 1.807) is 0 Å². The van der Waals surface area contributed by atoms with Crippen LogP contribution in [0.3, 0.4) is 0 Å². The van der Waals surface area contributed by atoms with E-state index in [0.29, 0.717) is 5.92 Å². The van der Waals surface area contributed by atoms with Crippen LogP contribution in [0.1, 0.15) is 19.3 Å². The number of aliphatic imine (C=N–C) groups is 1. The minimum atomic E-state index is 0.502. The van der Waals surface area contributed by atoms with Crippen molar-refractivity contribution >= 4 is 6.08 Å². The fourth-order valence-corrected chi connectivity index (χ4v) is 0.699. The molecule has 0 aromatic carbocycles. The van der Waals surface area contributed by atoms with Crippen molar-refractivity contribution in [3.8, 4) is 12.0 Å². The van der Waals surface area contributed by atoms with Crippen LogP contribution in [-0.2, 0) is 4.79 Å². The minimum absolute atomic E-state index is 0.502. The van der Waals surface area contributed by atoms with Crippen molar-refractivity contribution in [2.24, 2.45) is 10.9 Å². The summed E-state index contributed by atoms with van der Waals surface area (Å²) in [6.07, 6.45) is 4.98. The quantitative estimate of drug-likeness (QED) is 0.268. The molecule has 1 aliphatic rings. The fraction of sp³-hybridized carbons (Fsp3) is 0.571. The Labute approximate surface area is 54.0 Å². The van der Waals surface area contributed by atoms with E-state index >= 15 is 0 Å². The highest BCUT2D eigenvalue weighted by Crippen LogP contribution is 2.24. The van der Waals surface area contributed by atoms with E-state index in [0.717, 1.165) is 0 Å². The zero-order valence-electron chi connectivity index (χ0n) is 5.05. The van der Waals surface area contributed by atoms with Gasteiger partial charge in [-0.05, 0) is 12.8 Å². The van der Waals surface area contributed by atoms with Gasteiger partial charge in [-0.15, -0.1) is 4.99 Å². The standard InChI is InChI=1S/C7H7NO/c9-6-8-5-4-7-2-1-3-7/h7H,1-3H2. The van der Waals surface area contributed by atoms with Gasteiger partial charge >= 0.3 is 0 Å². The second-order valence-corrected chi connectivity index (χ2v) is 2.09. The molecule has 0 N–H and O–H groups in total. The van der Waals surface area contributed by atoms with Gasteiger partial charge in [0.2, 0.25) is 6.08 Å². The van der Waals surface area contributed by atoms with Crippen molar-refractivity contribution in [2.45, 2.75) is 19.3 Å². The molecule has 9 heavy (non-hydrogen) atoms. The summed E-state index contributed by atoms with van der Waals surface area (Å²) >= 11 is 0. The Morgan fingerprint density at radius 3 is 2.67 bits per heavy atom. The molecule has 0 unspecified atom stereocenters. The van der Waals surface area contributed by atoms with Crippen molar-refractivity contribution in [1.82, 2.24) is 0 Å². The summed E-state index contributed by atoms with van der Waals surface area (Å²) in [5.74, 6) is 3.34. The lowest BCUT2D eigenvalue weighted by Gasteiger charge is -2.17. The molecule has 1 saturated carbocycles. The highest BCUT2D eigenvalue weighted by atomic mass is 16.1. The predicted octanol–water partition coefficient (Wildman–Crippen LogP) is 1.08. The molecular weight excluding hydrogens is 114 g/mol. The number of rotatable bonds is 0. The molecule has 0 heterocycles. The molecule has 1 rings (SSSR count). The molecule has 0 spiro atoms. The molecule has 0 bridgehead atoms. The van der Waals surface area contributed by atoms with E-state index in [9.17, 15) is 4.79 Å². The molecule has 0 saturated heterocycles. The van der Waals surface area contributed by atoms with E-state index in [1.165, 1.54) is 25.3 Å². The van der Waals surface area contributed by atoms with Gasteiger partial charge in [-0.3, -0.25) is 0 Å². The summed E-state index contributed by atoms with van der Waals surface area (Å²) in [5, 5.41) is 0. The summed E-state index contributed by atoms with van der Waals surface area (Å²) in [6.45, 7) is 0. The molecule has 1 aliphatic carbocycles. The number of hydrogen-bond acceptors (Lipinski definition) is 2. The average molecular weight is 121 g/mol. The highest BCUT2D eigenvalue weighted by molar-refractivity contribution is 5.36. The first-order valence-electron chi connectivity index (χ1n) is 3.01. The maximum absolute atomic E-state index is 9.50. The van der Waals surface area contributed by atoms with Crippen LogP contribution in [0.5, 0.6) is 0 Å².